The molecule has 1 aromatic carbocycles. The Kier molecular flexibility index (Phi) is 2.34. The molecule has 0 radical (unpaired) electrons. The van der Waals surface area contributed by atoms with Crippen molar-refractivity contribution < 1.29 is 5.11 Å². The minimum absolute atomic E-state index is 0.303. The van der Waals surface area contributed by atoms with Crippen LogP contribution in [0.3, 0.4) is 0 Å². The maximum atomic E-state index is 9.32. The Bertz CT molecular complexity index is 386. The first-order chi connectivity index (χ1) is 6.79. The van der Waals surface area contributed by atoms with Crippen molar-refractivity contribution >= 4 is 0 Å². The average Bonchev–Trinajstić information content (AvgIpc) is 2.65. The number of benzene rings is 1. The maximum absolute atomic E-state index is 9.32. The standard InChI is InChI=1S/C12H11NO/c13-8-9-1-3-10(4-2-9)11-5-6-12(14)7-11/h1-6,11-12,14H,7H2/t11-,12-/m1/s1. The summed E-state index contributed by atoms with van der Waals surface area (Å²) >= 11 is 0. The van der Waals surface area contributed by atoms with Gasteiger partial charge in [-0.2, -0.15) is 5.26 Å². The number of aliphatic hydroxyl groups excluding tert-OH is 1. The monoisotopic (exact) mass is 185 g/mol. The largest absolute Gasteiger partial charge is 0.389 e. The van der Waals surface area contributed by atoms with E-state index in [-0.39, 0.29) is 6.10 Å². The molecule has 1 N–H and O–H groups in total. The molecule has 14 heavy (non-hydrogen) atoms. The Labute approximate surface area is 83.1 Å². The molecule has 2 nitrogen and oxygen atoms in total. The molecule has 1 aliphatic rings. The lowest BCUT2D eigenvalue weighted by Crippen LogP contribution is -2.00. The van der Waals surface area contributed by atoms with E-state index in [1.807, 2.05) is 36.4 Å². The number of rotatable bonds is 1. The molecule has 0 saturated carbocycles. The number of nitriles is 1. The van der Waals surface area contributed by atoms with Gasteiger partial charge in [-0.05, 0) is 24.1 Å². The first-order valence-electron chi connectivity index (χ1n) is 4.66. The van der Waals surface area contributed by atoms with Crippen LogP contribution in [0.2, 0.25) is 0 Å². The van der Waals surface area contributed by atoms with Crippen LogP contribution >= 0.6 is 0 Å². The van der Waals surface area contributed by atoms with Crippen molar-refractivity contribution in [2.75, 3.05) is 0 Å². The van der Waals surface area contributed by atoms with Crippen LogP contribution in [0.25, 0.3) is 0 Å². The second-order valence-corrected chi connectivity index (χ2v) is 3.53. The van der Waals surface area contributed by atoms with Crippen molar-refractivity contribution in [1.82, 2.24) is 0 Å². The summed E-state index contributed by atoms with van der Waals surface area (Å²) in [5.41, 5.74) is 1.84. The summed E-state index contributed by atoms with van der Waals surface area (Å²) < 4.78 is 0. The summed E-state index contributed by atoms with van der Waals surface area (Å²) in [5, 5.41) is 18.0. The fraction of sp³-hybridized carbons (Fsp3) is 0.250. The lowest BCUT2D eigenvalue weighted by molar-refractivity contribution is 0.218. The van der Waals surface area contributed by atoms with Gasteiger partial charge >= 0.3 is 0 Å². The van der Waals surface area contributed by atoms with Gasteiger partial charge in [0.25, 0.3) is 0 Å². The highest BCUT2D eigenvalue weighted by atomic mass is 16.3. The van der Waals surface area contributed by atoms with Gasteiger partial charge in [-0.3, -0.25) is 0 Å². The van der Waals surface area contributed by atoms with Gasteiger partial charge in [0, 0.05) is 5.92 Å². The third-order valence-corrected chi connectivity index (χ3v) is 2.53. The summed E-state index contributed by atoms with van der Waals surface area (Å²) in [6.45, 7) is 0. The van der Waals surface area contributed by atoms with Crippen LogP contribution in [0.1, 0.15) is 23.5 Å². The van der Waals surface area contributed by atoms with Gasteiger partial charge in [0.05, 0.1) is 17.7 Å². The van der Waals surface area contributed by atoms with Crippen molar-refractivity contribution in [2.45, 2.75) is 18.4 Å². The highest BCUT2D eigenvalue weighted by Crippen LogP contribution is 2.28. The molecule has 1 aromatic rings. The third-order valence-electron chi connectivity index (χ3n) is 2.53. The molecule has 0 amide bonds. The fourth-order valence-electron chi connectivity index (χ4n) is 1.73. The van der Waals surface area contributed by atoms with E-state index in [0.717, 1.165) is 12.0 Å². The Morgan fingerprint density at radius 3 is 2.43 bits per heavy atom. The molecular weight excluding hydrogens is 174 g/mol. The summed E-state index contributed by atoms with van der Waals surface area (Å²) in [6, 6.07) is 9.61. The topological polar surface area (TPSA) is 44.0 Å². The zero-order valence-corrected chi connectivity index (χ0v) is 7.72. The molecule has 70 valence electrons. The highest BCUT2D eigenvalue weighted by Gasteiger charge is 2.17. The Balaban J connectivity index is 2.19. The quantitative estimate of drug-likeness (QED) is 0.680. The van der Waals surface area contributed by atoms with E-state index in [0.29, 0.717) is 11.5 Å². The average molecular weight is 185 g/mol. The van der Waals surface area contributed by atoms with E-state index in [1.165, 1.54) is 0 Å². The predicted octanol–water partition coefficient (Wildman–Crippen LogP) is 1.96. The molecule has 0 saturated heterocycles. The molecule has 0 spiro atoms. The first kappa shape index (κ1) is 8.98. The smallest absolute Gasteiger partial charge is 0.0991 e. The fourth-order valence-corrected chi connectivity index (χ4v) is 1.73. The normalized spacial score (nSPS) is 24.9. The van der Waals surface area contributed by atoms with Crippen LogP contribution in [-0.4, -0.2) is 11.2 Å². The molecule has 0 heterocycles. The van der Waals surface area contributed by atoms with Gasteiger partial charge in [0.15, 0.2) is 0 Å². The summed E-state index contributed by atoms with van der Waals surface area (Å²) in [4.78, 5) is 0. The van der Waals surface area contributed by atoms with Crippen molar-refractivity contribution in [3.63, 3.8) is 0 Å². The highest BCUT2D eigenvalue weighted by molar-refractivity contribution is 5.35. The van der Waals surface area contributed by atoms with Crippen molar-refractivity contribution in [2.24, 2.45) is 0 Å². The van der Waals surface area contributed by atoms with E-state index in [4.69, 9.17) is 5.26 Å². The molecule has 0 aromatic heterocycles. The second-order valence-electron chi connectivity index (χ2n) is 3.53. The number of nitrogens with zero attached hydrogens (tertiary/aromatic N) is 1. The van der Waals surface area contributed by atoms with Crippen LogP contribution in [0, 0.1) is 11.3 Å². The summed E-state index contributed by atoms with van der Waals surface area (Å²) in [5.74, 6) is 0.303. The second kappa shape index (κ2) is 3.65. The molecule has 2 rings (SSSR count). The summed E-state index contributed by atoms with van der Waals surface area (Å²) in [6.07, 6.45) is 4.29. The van der Waals surface area contributed by atoms with Crippen LogP contribution in [0.4, 0.5) is 0 Å². The number of aliphatic hydroxyl groups is 1. The Morgan fingerprint density at radius 1 is 1.21 bits per heavy atom. The molecule has 2 atom stereocenters. The number of hydrogen-bond donors (Lipinski definition) is 1. The van der Waals surface area contributed by atoms with E-state index >= 15 is 0 Å². The lowest BCUT2D eigenvalue weighted by atomic mass is 9.97. The van der Waals surface area contributed by atoms with Gasteiger partial charge < -0.3 is 5.11 Å². The zero-order chi connectivity index (χ0) is 9.97. The van der Waals surface area contributed by atoms with Crippen molar-refractivity contribution in [3.8, 4) is 6.07 Å². The van der Waals surface area contributed by atoms with Gasteiger partial charge in [-0.1, -0.05) is 24.3 Å². The minimum atomic E-state index is -0.310. The molecular formula is C12H11NO. The first-order valence-corrected chi connectivity index (χ1v) is 4.66. The van der Waals surface area contributed by atoms with Gasteiger partial charge in [0.2, 0.25) is 0 Å². The van der Waals surface area contributed by atoms with Crippen LogP contribution in [0.15, 0.2) is 36.4 Å². The Hall–Kier alpha value is -1.59. The van der Waals surface area contributed by atoms with E-state index in [2.05, 4.69) is 6.07 Å². The van der Waals surface area contributed by atoms with E-state index in [1.54, 1.807) is 0 Å². The third kappa shape index (κ3) is 1.68. The zero-order valence-electron chi connectivity index (χ0n) is 7.72. The molecule has 0 fully saturated rings. The summed E-state index contributed by atoms with van der Waals surface area (Å²) in [7, 11) is 0. The lowest BCUT2D eigenvalue weighted by Gasteiger charge is -2.08. The SMILES string of the molecule is N#Cc1ccc([C@@H]2C=C[C@@H](O)C2)cc1. The Morgan fingerprint density at radius 2 is 1.93 bits per heavy atom. The van der Waals surface area contributed by atoms with Crippen LogP contribution in [-0.2, 0) is 0 Å². The van der Waals surface area contributed by atoms with E-state index in [9.17, 15) is 5.11 Å². The number of allylic oxidation sites excluding steroid dienone is 1. The molecule has 1 aliphatic carbocycles. The van der Waals surface area contributed by atoms with Gasteiger partial charge in [-0.25, -0.2) is 0 Å². The van der Waals surface area contributed by atoms with Crippen LogP contribution < -0.4 is 0 Å². The number of hydrogen-bond acceptors (Lipinski definition) is 2. The van der Waals surface area contributed by atoms with Gasteiger partial charge in [0.1, 0.15) is 0 Å². The molecule has 2 heteroatoms. The molecule has 0 aliphatic heterocycles. The predicted molar refractivity (Wildman–Crippen MR) is 53.7 cm³/mol. The molecule has 0 unspecified atom stereocenters. The van der Waals surface area contributed by atoms with Gasteiger partial charge in [-0.15, -0.1) is 0 Å². The molecule has 0 bridgehead atoms. The van der Waals surface area contributed by atoms with Crippen molar-refractivity contribution in [1.29, 1.82) is 5.26 Å². The maximum Gasteiger partial charge on any atom is 0.0991 e. The minimum Gasteiger partial charge on any atom is -0.389 e. The van der Waals surface area contributed by atoms with Crippen molar-refractivity contribution in [3.05, 3.63) is 47.5 Å². The van der Waals surface area contributed by atoms with E-state index < -0.39 is 0 Å². The van der Waals surface area contributed by atoms with Crippen LogP contribution in [0.5, 0.6) is 0 Å².